The van der Waals surface area contributed by atoms with E-state index in [1.54, 1.807) is 4.68 Å². The van der Waals surface area contributed by atoms with Crippen molar-refractivity contribution in [3.05, 3.63) is 29.8 Å². The van der Waals surface area contributed by atoms with Crippen molar-refractivity contribution < 1.29 is 0 Å². The van der Waals surface area contributed by atoms with E-state index in [-0.39, 0.29) is 0 Å². The highest BCUT2D eigenvalue weighted by molar-refractivity contribution is 5.41. The Morgan fingerprint density at radius 1 is 1.10 bits per heavy atom. The van der Waals surface area contributed by atoms with Crippen molar-refractivity contribution in [2.24, 2.45) is 11.8 Å². The molecule has 5 heteroatoms. The van der Waals surface area contributed by atoms with E-state index in [0.29, 0.717) is 6.04 Å². The van der Waals surface area contributed by atoms with Crippen LogP contribution in [0.25, 0.3) is 5.69 Å². The van der Waals surface area contributed by atoms with Crippen LogP contribution in [0.5, 0.6) is 0 Å². The van der Waals surface area contributed by atoms with Gasteiger partial charge in [-0.25, -0.2) is 0 Å². The van der Waals surface area contributed by atoms with Crippen LogP contribution in [-0.2, 0) is 0 Å². The molecule has 104 valence electrons. The van der Waals surface area contributed by atoms with E-state index in [9.17, 15) is 0 Å². The van der Waals surface area contributed by atoms with Crippen LogP contribution in [0, 0.1) is 18.8 Å². The molecule has 20 heavy (non-hydrogen) atoms. The van der Waals surface area contributed by atoms with Gasteiger partial charge in [0.15, 0.2) is 0 Å². The van der Waals surface area contributed by atoms with Gasteiger partial charge in [0, 0.05) is 6.04 Å². The Morgan fingerprint density at radius 3 is 2.35 bits per heavy atom. The average Bonchev–Trinajstić information content (AvgIpc) is 3.37. The number of tetrazole rings is 1. The maximum Gasteiger partial charge on any atom is 0.247 e. The standard InChI is InChI=1S/C15H19N5/c1-10-2-8-13(9-3-10)20-15(17-18-19-20)16-14(11-4-5-11)12-6-7-12/h2-3,8-9,11-12,14H,4-7H2,1H3,(H,16,17,19). The van der Waals surface area contributed by atoms with Crippen molar-refractivity contribution in [3.8, 4) is 5.69 Å². The molecule has 0 unspecified atom stereocenters. The summed E-state index contributed by atoms with van der Waals surface area (Å²) in [4.78, 5) is 0. The minimum absolute atomic E-state index is 0.560. The lowest BCUT2D eigenvalue weighted by Gasteiger charge is -2.17. The third-order valence-corrected chi connectivity index (χ3v) is 4.30. The first kappa shape index (κ1) is 11.9. The van der Waals surface area contributed by atoms with Crippen LogP contribution in [0.1, 0.15) is 31.2 Å². The van der Waals surface area contributed by atoms with Gasteiger partial charge >= 0.3 is 0 Å². The van der Waals surface area contributed by atoms with Crippen molar-refractivity contribution in [1.29, 1.82) is 0 Å². The number of aromatic nitrogens is 4. The fourth-order valence-corrected chi connectivity index (χ4v) is 2.82. The molecule has 1 heterocycles. The molecule has 2 fully saturated rings. The Morgan fingerprint density at radius 2 is 1.75 bits per heavy atom. The van der Waals surface area contributed by atoms with Gasteiger partial charge in [0.1, 0.15) is 0 Å². The molecule has 1 aromatic heterocycles. The molecule has 0 radical (unpaired) electrons. The highest BCUT2D eigenvalue weighted by atomic mass is 15.6. The Kier molecular flexibility index (Phi) is 2.72. The second-order valence-electron chi connectivity index (χ2n) is 6.09. The maximum absolute atomic E-state index is 4.17. The quantitative estimate of drug-likeness (QED) is 0.906. The first-order chi connectivity index (χ1) is 9.81. The SMILES string of the molecule is Cc1ccc(-n2nnnc2NC(C2CC2)C2CC2)cc1. The van der Waals surface area contributed by atoms with Gasteiger partial charge in [0.05, 0.1) is 5.69 Å². The summed E-state index contributed by atoms with van der Waals surface area (Å²) in [6, 6.07) is 8.84. The van der Waals surface area contributed by atoms with Crippen LogP contribution >= 0.6 is 0 Å². The molecule has 0 spiro atoms. The van der Waals surface area contributed by atoms with E-state index in [1.165, 1.54) is 31.2 Å². The third kappa shape index (κ3) is 2.28. The second-order valence-corrected chi connectivity index (χ2v) is 6.09. The summed E-state index contributed by atoms with van der Waals surface area (Å²) in [5.41, 5.74) is 2.25. The normalized spacial score (nSPS) is 18.5. The molecule has 5 nitrogen and oxygen atoms in total. The van der Waals surface area contributed by atoms with E-state index >= 15 is 0 Å². The fourth-order valence-electron chi connectivity index (χ4n) is 2.82. The molecule has 1 aromatic carbocycles. The molecule has 4 rings (SSSR count). The molecule has 2 saturated carbocycles. The maximum atomic E-state index is 4.17. The molecule has 0 saturated heterocycles. The molecule has 2 aliphatic carbocycles. The molecule has 0 amide bonds. The Balaban J connectivity index is 1.59. The molecular weight excluding hydrogens is 250 g/mol. The lowest BCUT2D eigenvalue weighted by Crippen LogP contribution is -2.26. The summed E-state index contributed by atoms with van der Waals surface area (Å²) < 4.78 is 1.80. The molecular formula is C15H19N5. The van der Waals surface area contributed by atoms with Gasteiger partial charge in [-0.2, -0.15) is 4.68 Å². The number of nitrogens with one attached hydrogen (secondary N) is 1. The van der Waals surface area contributed by atoms with Crippen molar-refractivity contribution in [2.75, 3.05) is 5.32 Å². The molecule has 1 N–H and O–H groups in total. The summed E-state index contributed by atoms with van der Waals surface area (Å²) in [5.74, 6) is 2.42. The van der Waals surface area contributed by atoms with E-state index in [4.69, 9.17) is 0 Å². The van der Waals surface area contributed by atoms with E-state index in [1.807, 2.05) is 0 Å². The second kappa shape index (κ2) is 4.58. The zero-order valence-corrected chi connectivity index (χ0v) is 11.7. The van der Waals surface area contributed by atoms with Gasteiger partial charge in [-0.1, -0.05) is 22.8 Å². The van der Waals surface area contributed by atoms with Crippen molar-refractivity contribution in [1.82, 2.24) is 20.2 Å². The van der Waals surface area contributed by atoms with Crippen LogP contribution in [0.15, 0.2) is 24.3 Å². The molecule has 0 bridgehead atoms. The third-order valence-electron chi connectivity index (χ3n) is 4.30. The van der Waals surface area contributed by atoms with E-state index in [2.05, 4.69) is 52.0 Å². The molecule has 0 aliphatic heterocycles. The molecule has 0 atom stereocenters. The van der Waals surface area contributed by atoms with Gasteiger partial charge < -0.3 is 5.32 Å². The lowest BCUT2D eigenvalue weighted by molar-refractivity contribution is 0.561. The highest BCUT2D eigenvalue weighted by Crippen LogP contribution is 2.45. The number of anilines is 1. The largest absolute Gasteiger partial charge is 0.349 e. The number of hydrogen-bond donors (Lipinski definition) is 1. The van der Waals surface area contributed by atoms with Gasteiger partial charge in [0.2, 0.25) is 5.95 Å². The van der Waals surface area contributed by atoms with Gasteiger partial charge in [-0.15, -0.1) is 0 Å². The zero-order valence-electron chi connectivity index (χ0n) is 11.7. The summed E-state index contributed by atoms with van der Waals surface area (Å²) in [6.07, 6.45) is 5.39. The van der Waals surface area contributed by atoms with Crippen LogP contribution in [0.3, 0.4) is 0 Å². The Bertz CT molecular complexity index is 583. The molecule has 2 aliphatic rings. The summed E-state index contributed by atoms with van der Waals surface area (Å²) in [6.45, 7) is 2.08. The Labute approximate surface area is 118 Å². The Hall–Kier alpha value is -1.91. The van der Waals surface area contributed by atoms with E-state index < -0.39 is 0 Å². The highest BCUT2D eigenvalue weighted by Gasteiger charge is 2.42. The van der Waals surface area contributed by atoms with Crippen molar-refractivity contribution in [3.63, 3.8) is 0 Å². The minimum Gasteiger partial charge on any atom is -0.349 e. The van der Waals surface area contributed by atoms with Crippen LogP contribution in [0.4, 0.5) is 5.95 Å². The average molecular weight is 269 g/mol. The van der Waals surface area contributed by atoms with Crippen molar-refractivity contribution >= 4 is 5.95 Å². The summed E-state index contributed by atoms with van der Waals surface area (Å²) >= 11 is 0. The number of hydrogen-bond acceptors (Lipinski definition) is 4. The first-order valence-corrected chi connectivity index (χ1v) is 7.43. The van der Waals surface area contributed by atoms with Gasteiger partial charge in [-0.05, 0) is 67.0 Å². The number of aryl methyl sites for hydroxylation is 1. The zero-order chi connectivity index (χ0) is 13.5. The fraction of sp³-hybridized carbons (Fsp3) is 0.533. The summed E-state index contributed by atoms with van der Waals surface area (Å²) in [5, 5.41) is 15.7. The summed E-state index contributed by atoms with van der Waals surface area (Å²) in [7, 11) is 0. The van der Waals surface area contributed by atoms with Crippen LogP contribution < -0.4 is 5.32 Å². The lowest BCUT2D eigenvalue weighted by atomic mass is 10.1. The van der Waals surface area contributed by atoms with Crippen LogP contribution in [0.2, 0.25) is 0 Å². The number of rotatable bonds is 5. The first-order valence-electron chi connectivity index (χ1n) is 7.43. The predicted octanol–water partition coefficient (Wildman–Crippen LogP) is 2.57. The topological polar surface area (TPSA) is 55.6 Å². The predicted molar refractivity (Wildman–Crippen MR) is 76.7 cm³/mol. The minimum atomic E-state index is 0.560. The smallest absolute Gasteiger partial charge is 0.247 e. The van der Waals surface area contributed by atoms with Gasteiger partial charge in [0.25, 0.3) is 0 Å². The monoisotopic (exact) mass is 269 g/mol. The number of nitrogens with zero attached hydrogens (tertiary/aromatic N) is 4. The number of benzene rings is 1. The van der Waals surface area contributed by atoms with Crippen LogP contribution in [-0.4, -0.2) is 26.2 Å². The van der Waals surface area contributed by atoms with Crippen molar-refractivity contribution in [2.45, 2.75) is 38.6 Å². The van der Waals surface area contributed by atoms with Gasteiger partial charge in [-0.3, -0.25) is 0 Å². The molecule has 2 aromatic rings. The van der Waals surface area contributed by atoms with E-state index in [0.717, 1.165) is 23.5 Å².